The summed E-state index contributed by atoms with van der Waals surface area (Å²) in [7, 11) is -2.49. The molecule has 0 radical (unpaired) electrons. The maximum absolute atomic E-state index is 12.8. The number of halogens is 2. The Morgan fingerprint density at radius 1 is 1.17 bits per heavy atom. The molecule has 8 nitrogen and oxygen atoms in total. The number of nitrogens with one attached hydrogen (secondary N) is 1. The molecule has 0 bridgehead atoms. The molecule has 0 saturated carbocycles. The first kappa shape index (κ1) is 22.1. The quantitative estimate of drug-likeness (QED) is 0.561. The van der Waals surface area contributed by atoms with Crippen LogP contribution in [0.4, 0.5) is 5.69 Å². The van der Waals surface area contributed by atoms with Crippen LogP contribution < -0.4 is 4.72 Å². The van der Waals surface area contributed by atoms with Gasteiger partial charge in [-0.15, -0.1) is 0 Å². The first-order valence-electron chi connectivity index (χ1n) is 8.84. The number of nitrogens with zero attached hydrogens (tertiary/aromatic N) is 3. The Balaban J connectivity index is 1.82. The van der Waals surface area contributed by atoms with Crippen LogP contribution in [-0.2, 0) is 23.0 Å². The summed E-state index contributed by atoms with van der Waals surface area (Å²) in [6.45, 7) is 1.97. The van der Waals surface area contributed by atoms with Crippen molar-refractivity contribution in [2.24, 2.45) is 0 Å². The van der Waals surface area contributed by atoms with E-state index in [1.807, 2.05) is 6.92 Å². The molecule has 0 spiro atoms. The van der Waals surface area contributed by atoms with E-state index in [1.165, 1.54) is 35.2 Å². The third-order valence-electron chi connectivity index (χ3n) is 4.11. The highest BCUT2D eigenvalue weighted by Crippen LogP contribution is 2.26. The van der Waals surface area contributed by atoms with Gasteiger partial charge in [0.1, 0.15) is 4.90 Å². The van der Waals surface area contributed by atoms with E-state index in [1.54, 1.807) is 19.2 Å². The normalized spacial score (nSPS) is 11.3. The van der Waals surface area contributed by atoms with Gasteiger partial charge in [0, 0.05) is 29.7 Å². The molecule has 3 aromatic rings. The van der Waals surface area contributed by atoms with Gasteiger partial charge in [0.2, 0.25) is 5.89 Å². The summed E-state index contributed by atoms with van der Waals surface area (Å²) in [6.07, 6.45) is 0.611. The van der Waals surface area contributed by atoms with Gasteiger partial charge < -0.3 is 9.42 Å². The second-order valence-corrected chi connectivity index (χ2v) is 8.87. The number of hydrogen-bond donors (Lipinski definition) is 1. The van der Waals surface area contributed by atoms with E-state index in [0.717, 1.165) is 0 Å². The molecular formula is C19H18Cl2N4O4S. The number of aromatic nitrogens is 2. The fourth-order valence-corrected chi connectivity index (χ4v) is 4.27. The zero-order chi connectivity index (χ0) is 21.9. The zero-order valence-electron chi connectivity index (χ0n) is 16.1. The first-order valence-corrected chi connectivity index (χ1v) is 11.1. The van der Waals surface area contributed by atoms with Gasteiger partial charge in [0.15, 0.2) is 5.82 Å². The van der Waals surface area contributed by atoms with Gasteiger partial charge >= 0.3 is 0 Å². The number of sulfonamides is 1. The van der Waals surface area contributed by atoms with Crippen molar-refractivity contribution in [3.05, 3.63) is 69.8 Å². The van der Waals surface area contributed by atoms with Crippen LogP contribution in [0, 0.1) is 0 Å². The standard InChI is InChI=1S/C19H18Cl2N4O4S/c1-3-17-22-18(29-23-17)11-25(2)19(26)12-4-9-15(21)16(10-12)30(27,28)24-14-7-5-13(20)6-8-14/h4-10,24H,3,11H2,1-2H3. The van der Waals surface area contributed by atoms with Gasteiger partial charge in [0.25, 0.3) is 15.9 Å². The molecule has 11 heteroatoms. The number of carbonyl (C=O) groups is 1. The van der Waals surface area contributed by atoms with E-state index < -0.39 is 15.9 Å². The molecular weight excluding hydrogens is 451 g/mol. The van der Waals surface area contributed by atoms with Crippen LogP contribution in [-0.4, -0.2) is 36.4 Å². The number of benzene rings is 2. The summed E-state index contributed by atoms with van der Waals surface area (Å²) in [4.78, 5) is 18.1. The Morgan fingerprint density at radius 3 is 2.50 bits per heavy atom. The number of amides is 1. The van der Waals surface area contributed by atoms with Crippen LogP contribution in [0.5, 0.6) is 0 Å². The second kappa shape index (κ2) is 9.03. The fourth-order valence-electron chi connectivity index (χ4n) is 2.56. The number of hydrogen-bond acceptors (Lipinski definition) is 6. The monoisotopic (exact) mass is 468 g/mol. The predicted octanol–water partition coefficient (Wildman–Crippen LogP) is 4.01. The first-order chi connectivity index (χ1) is 14.2. The Labute approximate surface area is 183 Å². The summed E-state index contributed by atoms with van der Waals surface area (Å²) in [5, 5.41) is 4.24. The average molecular weight is 469 g/mol. The number of anilines is 1. The zero-order valence-corrected chi connectivity index (χ0v) is 18.4. The van der Waals surface area contributed by atoms with Gasteiger partial charge in [-0.2, -0.15) is 4.98 Å². The topological polar surface area (TPSA) is 105 Å². The van der Waals surface area contributed by atoms with Crippen molar-refractivity contribution in [1.29, 1.82) is 0 Å². The smallest absolute Gasteiger partial charge is 0.263 e. The van der Waals surface area contributed by atoms with Crippen molar-refractivity contribution in [1.82, 2.24) is 15.0 Å². The molecule has 2 aromatic carbocycles. The van der Waals surface area contributed by atoms with Crippen LogP contribution in [0.1, 0.15) is 29.0 Å². The van der Waals surface area contributed by atoms with Crippen LogP contribution >= 0.6 is 23.2 Å². The van der Waals surface area contributed by atoms with E-state index in [-0.39, 0.29) is 27.9 Å². The van der Waals surface area contributed by atoms with Gasteiger partial charge in [-0.3, -0.25) is 9.52 Å². The summed E-state index contributed by atoms with van der Waals surface area (Å²) >= 11 is 11.9. The van der Waals surface area contributed by atoms with Crippen molar-refractivity contribution in [3.8, 4) is 0 Å². The van der Waals surface area contributed by atoms with Crippen molar-refractivity contribution in [2.45, 2.75) is 24.8 Å². The lowest BCUT2D eigenvalue weighted by Gasteiger charge is -2.16. The molecule has 1 N–H and O–H groups in total. The lowest BCUT2D eigenvalue weighted by Crippen LogP contribution is -2.26. The Kier molecular flexibility index (Phi) is 6.64. The summed E-state index contributed by atoms with van der Waals surface area (Å²) in [6, 6.07) is 10.2. The van der Waals surface area contributed by atoms with Gasteiger partial charge in [-0.05, 0) is 42.5 Å². The molecule has 1 heterocycles. The molecule has 0 fully saturated rings. The van der Waals surface area contributed by atoms with E-state index in [0.29, 0.717) is 23.0 Å². The number of aryl methyl sites for hydroxylation is 1. The van der Waals surface area contributed by atoms with Crippen LogP contribution in [0.2, 0.25) is 10.0 Å². The minimum absolute atomic E-state index is 0.0137. The van der Waals surface area contributed by atoms with E-state index >= 15 is 0 Å². The maximum atomic E-state index is 12.8. The molecule has 3 rings (SSSR count). The van der Waals surface area contributed by atoms with E-state index in [2.05, 4.69) is 14.9 Å². The molecule has 0 saturated heterocycles. The average Bonchev–Trinajstić information content (AvgIpc) is 3.16. The minimum atomic E-state index is -4.03. The SMILES string of the molecule is CCc1noc(CN(C)C(=O)c2ccc(Cl)c(S(=O)(=O)Nc3ccc(Cl)cc3)c2)n1. The molecule has 1 amide bonds. The highest BCUT2D eigenvalue weighted by atomic mass is 35.5. The molecule has 0 unspecified atom stereocenters. The second-order valence-electron chi connectivity index (χ2n) is 6.38. The molecule has 0 aliphatic carbocycles. The lowest BCUT2D eigenvalue weighted by atomic mass is 10.2. The number of rotatable bonds is 7. The third-order valence-corrected chi connectivity index (χ3v) is 6.22. The van der Waals surface area contributed by atoms with Crippen molar-refractivity contribution in [2.75, 3.05) is 11.8 Å². The molecule has 0 aliphatic heterocycles. The highest BCUT2D eigenvalue weighted by molar-refractivity contribution is 7.92. The summed E-state index contributed by atoms with van der Waals surface area (Å²) < 4.78 is 33.1. The fraction of sp³-hybridized carbons (Fsp3) is 0.211. The Hall–Kier alpha value is -2.62. The van der Waals surface area contributed by atoms with E-state index in [4.69, 9.17) is 27.7 Å². The molecule has 158 valence electrons. The largest absolute Gasteiger partial charge is 0.337 e. The van der Waals surface area contributed by atoms with Crippen molar-refractivity contribution < 1.29 is 17.7 Å². The van der Waals surface area contributed by atoms with Crippen molar-refractivity contribution in [3.63, 3.8) is 0 Å². The molecule has 30 heavy (non-hydrogen) atoms. The minimum Gasteiger partial charge on any atom is -0.337 e. The van der Waals surface area contributed by atoms with Crippen LogP contribution in [0.3, 0.4) is 0 Å². The molecule has 0 atom stereocenters. The highest BCUT2D eigenvalue weighted by Gasteiger charge is 2.22. The Morgan fingerprint density at radius 2 is 1.87 bits per heavy atom. The van der Waals surface area contributed by atoms with Crippen LogP contribution in [0.15, 0.2) is 51.9 Å². The molecule has 0 aliphatic rings. The summed E-state index contributed by atoms with van der Waals surface area (Å²) in [5.74, 6) is 0.402. The maximum Gasteiger partial charge on any atom is 0.263 e. The van der Waals surface area contributed by atoms with Crippen LogP contribution in [0.25, 0.3) is 0 Å². The third kappa shape index (κ3) is 5.10. The summed E-state index contributed by atoms with van der Waals surface area (Å²) in [5.41, 5.74) is 0.459. The molecule has 1 aromatic heterocycles. The van der Waals surface area contributed by atoms with E-state index in [9.17, 15) is 13.2 Å². The lowest BCUT2D eigenvalue weighted by molar-refractivity contribution is 0.0769. The van der Waals surface area contributed by atoms with Gasteiger partial charge in [0.05, 0.1) is 11.6 Å². The van der Waals surface area contributed by atoms with Crippen molar-refractivity contribution >= 4 is 44.8 Å². The van der Waals surface area contributed by atoms with Gasteiger partial charge in [-0.1, -0.05) is 35.3 Å². The predicted molar refractivity (Wildman–Crippen MR) is 113 cm³/mol. The Bertz CT molecular complexity index is 1160. The number of carbonyl (C=O) groups excluding carboxylic acids is 1. The van der Waals surface area contributed by atoms with Gasteiger partial charge in [-0.25, -0.2) is 8.42 Å².